The minimum absolute atomic E-state index is 0.169. The lowest BCUT2D eigenvalue weighted by atomic mass is 9.90. The number of nitrogens with two attached hydrogens (primary N) is 1. The summed E-state index contributed by atoms with van der Waals surface area (Å²) in [5, 5.41) is 3.46. The molecule has 1 amide bonds. The third kappa shape index (κ3) is 5.30. The molecule has 0 aliphatic carbocycles. The van der Waals surface area contributed by atoms with Crippen LogP contribution >= 0.6 is 0 Å². The van der Waals surface area contributed by atoms with Crippen molar-refractivity contribution in [1.82, 2.24) is 5.16 Å². The summed E-state index contributed by atoms with van der Waals surface area (Å²) in [7, 11) is -3.86. The molecule has 2 atom stereocenters. The first-order chi connectivity index (χ1) is 14.6. The Labute approximate surface area is 183 Å². The Morgan fingerprint density at radius 3 is 2.52 bits per heavy atom. The number of aromatic nitrogens is 1. The van der Waals surface area contributed by atoms with Crippen molar-refractivity contribution in [3.8, 4) is 0 Å². The predicted molar refractivity (Wildman–Crippen MR) is 113 cm³/mol. The smallest absolute Gasteiger partial charge is 0.239 e. The molecule has 3 heterocycles. The maximum atomic E-state index is 13.3. The largest absolute Gasteiger partial charge is 0.381 e. The van der Waals surface area contributed by atoms with Crippen LogP contribution in [0.4, 0.5) is 0 Å². The lowest BCUT2D eigenvalue weighted by Gasteiger charge is -2.32. The Morgan fingerprint density at radius 1 is 1.19 bits per heavy atom. The zero-order chi connectivity index (χ0) is 22.7. The Kier molecular flexibility index (Phi) is 7.45. The van der Waals surface area contributed by atoms with Gasteiger partial charge < -0.3 is 24.5 Å². The lowest BCUT2D eigenvalue weighted by molar-refractivity contribution is -0.170. The number of primary amides is 1. The summed E-state index contributed by atoms with van der Waals surface area (Å²) < 4.78 is 47.0. The van der Waals surface area contributed by atoms with Crippen molar-refractivity contribution in [2.75, 3.05) is 26.4 Å². The topological polar surface area (TPSA) is 131 Å². The minimum atomic E-state index is -3.86. The summed E-state index contributed by atoms with van der Waals surface area (Å²) in [6.45, 7) is 7.07. The van der Waals surface area contributed by atoms with E-state index in [0.29, 0.717) is 50.7 Å². The van der Waals surface area contributed by atoms with E-state index >= 15 is 0 Å². The molecule has 0 radical (unpaired) electrons. The number of rotatable bonds is 9. The van der Waals surface area contributed by atoms with Crippen molar-refractivity contribution in [1.29, 1.82) is 0 Å². The van der Waals surface area contributed by atoms with Gasteiger partial charge in [-0.05, 0) is 39.0 Å². The molecular weight excluding hydrogens is 424 g/mol. The Bertz CT molecular complexity index is 855. The second-order valence-electron chi connectivity index (χ2n) is 9.30. The summed E-state index contributed by atoms with van der Waals surface area (Å²) in [6.07, 6.45) is 3.29. The molecule has 2 aliphatic rings. The molecule has 1 aromatic heterocycles. The van der Waals surface area contributed by atoms with Gasteiger partial charge >= 0.3 is 0 Å². The molecule has 2 fully saturated rings. The molecule has 2 unspecified atom stereocenters. The molecule has 9 nitrogen and oxygen atoms in total. The van der Waals surface area contributed by atoms with Crippen LogP contribution in [-0.4, -0.2) is 62.2 Å². The van der Waals surface area contributed by atoms with Crippen molar-refractivity contribution in [3.05, 3.63) is 17.5 Å². The highest BCUT2D eigenvalue weighted by Gasteiger charge is 2.50. The van der Waals surface area contributed by atoms with Crippen molar-refractivity contribution in [2.45, 2.75) is 81.0 Å². The third-order valence-electron chi connectivity index (χ3n) is 6.29. The van der Waals surface area contributed by atoms with E-state index in [4.69, 9.17) is 24.5 Å². The summed E-state index contributed by atoms with van der Waals surface area (Å²) in [6, 6.07) is 1.69. The van der Waals surface area contributed by atoms with Gasteiger partial charge in [0.25, 0.3) is 0 Å². The minimum Gasteiger partial charge on any atom is -0.381 e. The molecule has 0 spiro atoms. The first kappa shape index (κ1) is 24.2. The van der Waals surface area contributed by atoms with Crippen LogP contribution in [0.3, 0.4) is 0 Å². The second kappa shape index (κ2) is 9.56. The van der Waals surface area contributed by atoms with Crippen molar-refractivity contribution in [3.63, 3.8) is 0 Å². The number of amides is 1. The molecule has 2 aliphatic heterocycles. The first-order valence-electron chi connectivity index (χ1n) is 10.9. The monoisotopic (exact) mass is 458 g/mol. The summed E-state index contributed by atoms with van der Waals surface area (Å²) >= 11 is 0. The fraction of sp³-hybridized carbons (Fsp3) is 0.810. The molecule has 31 heavy (non-hydrogen) atoms. The van der Waals surface area contributed by atoms with Gasteiger partial charge in [0.1, 0.15) is 5.76 Å². The van der Waals surface area contributed by atoms with Gasteiger partial charge in [0.05, 0.1) is 17.6 Å². The normalized spacial score (nSPS) is 23.4. The number of hydrogen-bond donors (Lipinski definition) is 1. The van der Waals surface area contributed by atoms with Gasteiger partial charge in [0.15, 0.2) is 20.9 Å². The van der Waals surface area contributed by atoms with Gasteiger partial charge in [0, 0.05) is 37.7 Å². The number of nitrogens with zero attached hydrogens (tertiary/aromatic N) is 1. The number of ether oxygens (including phenoxy) is 3. The van der Waals surface area contributed by atoms with Crippen LogP contribution in [0.2, 0.25) is 0 Å². The van der Waals surface area contributed by atoms with Gasteiger partial charge in [-0.2, -0.15) is 0 Å². The zero-order valence-corrected chi connectivity index (χ0v) is 19.4. The molecule has 0 aromatic carbocycles. The van der Waals surface area contributed by atoms with Crippen molar-refractivity contribution in [2.24, 2.45) is 5.73 Å². The molecule has 176 valence electrons. The van der Waals surface area contributed by atoms with Crippen molar-refractivity contribution < 1.29 is 31.9 Å². The molecular formula is C21H34N2O7S. The van der Waals surface area contributed by atoms with Gasteiger partial charge in [-0.1, -0.05) is 19.0 Å². The number of carbonyl (C=O) groups excluding carboxylic acids is 1. The SMILES string of the molecule is CC(C)(COC1CCCCO1)c1cc(CC(C)(C(N)=O)S(=O)(=O)C2CCOCC2)on1. The highest BCUT2D eigenvalue weighted by molar-refractivity contribution is 7.94. The Hall–Kier alpha value is -1.49. The van der Waals surface area contributed by atoms with E-state index in [1.807, 2.05) is 13.8 Å². The van der Waals surface area contributed by atoms with E-state index < -0.39 is 31.2 Å². The van der Waals surface area contributed by atoms with Crippen LogP contribution in [0.15, 0.2) is 10.6 Å². The van der Waals surface area contributed by atoms with E-state index in [0.717, 1.165) is 19.3 Å². The van der Waals surface area contributed by atoms with Gasteiger partial charge in [-0.15, -0.1) is 0 Å². The highest BCUT2D eigenvalue weighted by Crippen LogP contribution is 2.32. The highest BCUT2D eigenvalue weighted by atomic mass is 32.2. The molecule has 3 rings (SSSR count). The van der Waals surface area contributed by atoms with Crippen LogP contribution in [-0.2, 0) is 40.7 Å². The lowest BCUT2D eigenvalue weighted by Crippen LogP contribution is -2.54. The molecule has 1 aromatic rings. The third-order valence-corrected chi connectivity index (χ3v) is 9.24. The average Bonchev–Trinajstić information content (AvgIpc) is 3.23. The fourth-order valence-electron chi connectivity index (χ4n) is 3.95. The average molecular weight is 459 g/mol. The first-order valence-corrected chi connectivity index (χ1v) is 12.4. The van der Waals surface area contributed by atoms with Crippen LogP contribution in [0.1, 0.15) is 64.3 Å². The summed E-state index contributed by atoms with van der Waals surface area (Å²) in [4.78, 5) is 12.3. The van der Waals surface area contributed by atoms with E-state index in [1.165, 1.54) is 6.92 Å². The number of hydrogen-bond acceptors (Lipinski definition) is 8. The molecule has 0 bridgehead atoms. The molecule has 2 saturated heterocycles. The maximum absolute atomic E-state index is 13.3. The molecule has 10 heteroatoms. The summed E-state index contributed by atoms with van der Waals surface area (Å²) in [5.41, 5.74) is 5.73. The van der Waals surface area contributed by atoms with Gasteiger partial charge in [-0.3, -0.25) is 4.79 Å². The van der Waals surface area contributed by atoms with E-state index in [-0.39, 0.29) is 12.7 Å². The van der Waals surface area contributed by atoms with E-state index in [1.54, 1.807) is 6.07 Å². The van der Waals surface area contributed by atoms with Crippen LogP contribution in [0, 0.1) is 0 Å². The van der Waals surface area contributed by atoms with Crippen molar-refractivity contribution >= 4 is 15.7 Å². The van der Waals surface area contributed by atoms with E-state index in [9.17, 15) is 13.2 Å². The molecule has 0 saturated carbocycles. The second-order valence-corrected chi connectivity index (χ2v) is 12.0. The van der Waals surface area contributed by atoms with Crippen LogP contribution < -0.4 is 5.73 Å². The van der Waals surface area contributed by atoms with E-state index in [2.05, 4.69) is 5.16 Å². The summed E-state index contributed by atoms with van der Waals surface area (Å²) in [5.74, 6) is -0.595. The fourth-order valence-corrected chi connectivity index (χ4v) is 6.12. The quantitative estimate of drug-likeness (QED) is 0.593. The zero-order valence-electron chi connectivity index (χ0n) is 18.6. The van der Waals surface area contributed by atoms with Gasteiger partial charge in [-0.25, -0.2) is 8.42 Å². The van der Waals surface area contributed by atoms with Gasteiger partial charge in [0.2, 0.25) is 5.91 Å². The molecule has 2 N–H and O–H groups in total. The Morgan fingerprint density at radius 2 is 1.90 bits per heavy atom. The maximum Gasteiger partial charge on any atom is 0.239 e. The predicted octanol–water partition coefficient (Wildman–Crippen LogP) is 1.88. The number of carbonyl (C=O) groups is 1. The Balaban J connectivity index is 1.72. The standard InChI is InChI=1S/C21H34N2O7S/c1-20(2,14-29-18-6-4-5-9-28-18)17-12-15(30-23-17)13-21(3,19(22)24)31(25,26)16-7-10-27-11-8-16/h12,16,18H,4-11,13-14H2,1-3H3,(H2,22,24). The van der Waals surface area contributed by atoms with Crippen LogP contribution in [0.5, 0.6) is 0 Å². The van der Waals surface area contributed by atoms with Crippen LogP contribution in [0.25, 0.3) is 0 Å². The number of sulfone groups is 1.